The summed E-state index contributed by atoms with van der Waals surface area (Å²) >= 11 is 0. The average molecular weight is 449 g/mol. The van der Waals surface area contributed by atoms with Crippen LogP contribution in [0.25, 0.3) is 0 Å². The van der Waals surface area contributed by atoms with Crippen LogP contribution >= 0.6 is 0 Å². The first-order valence-corrected chi connectivity index (χ1v) is 12.4. The Morgan fingerprint density at radius 1 is 1.00 bits per heavy atom. The molecule has 2 spiro atoms. The Hall–Kier alpha value is -1.02. The Labute approximate surface area is 189 Å². The van der Waals surface area contributed by atoms with E-state index in [2.05, 4.69) is 13.8 Å². The van der Waals surface area contributed by atoms with Crippen LogP contribution in [0.15, 0.2) is 0 Å². The molecule has 0 radical (unpaired) electrons. The normalized spacial score (nSPS) is 52.5. The second-order valence-electron chi connectivity index (χ2n) is 11.9. The molecule has 6 rings (SSSR count). The van der Waals surface area contributed by atoms with E-state index in [4.69, 9.17) is 18.9 Å². The number of ketones is 1. The van der Waals surface area contributed by atoms with E-state index in [0.717, 1.165) is 44.9 Å². The van der Waals surface area contributed by atoms with Crippen molar-refractivity contribution in [3.8, 4) is 0 Å². The smallest absolute Gasteiger partial charge is 0.303 e. The molecule has 2 saturated heterocycles. The van der Waals surface area contributed by atoms with E-state index in [9.17, 15) is 14.7 Å². The summed E-state index contributed by atoms with van der Waals surface area (Å²) in [6.07, 6.45) is 7.08. The minimum atomic E-state index is -1.43. The van der Waals surface area contributed by atoms with E-state index in [1.165, 1.54) is 6.92 Å². The van der Waals surface area contributed by atoms with Gasteiger partial charge in [0.05, 0.1) is 19.3 Å². The zero-order valence-electron chi connectivity index (χ0n) is 19.5. The minimum Gasteiger partial charge on any atom is -0.458 e. The van der Waals surface area contributed by atoms with Crippen LogP contribution in [0.1, 0.15) is 72.1 Å². The standard InChI is InChI=1S/C25H36O7/c1-15(26)29-13-19(27)24(28)7-5-17-16-12-20-25(32-20)9-8-23(30-10-11-31-23)14-22(25,3)18(16)4-6-21(17,24)2/h16-18,20,28H,4-14H2,1-3H3/t16-,17+,18-,20-,21-,22+,24-,25-/m0/s1. The van der Waals surface area contributed by atoms with Crippen LogP contribution in [0, 0.1) is 28.6 Å². The highest BCUT2D eigenvalue weighted by Gasteiger charge is 2.78. The minimum absolute atomic E-state index is 0.0209. The lowest BCUT2D eigenvalue weighted by Crippen LogP contribution is -2.63. The molecule has 1 N–H and O–H groups in total. The van der Waals surface area contributed by atoms with Gasteiger partial charge >= 0.3 is 5.97 Å². The van der Waals surface area contributed by atoms with E-state index < -0.39 is 22.8 Å². The van der Waals surface area contributed by atoms with Gasteiger partial charge in [0.1, 0.15) is 11.2 Å². The van der Waals surface area contributed by atoms with E-state index >= 15 is 0 Å². The first kappa shape index (κ1) is 21.5. The van der Waals surface area contributed by atoms with Crippen molar-refractivity contribution >= 4 is 11.8 Å². The van der Waals surface area contributed by atoms with Gasteiger partial charge in [-0.15, -0.1) is 0 Å². The van der Waals surface area contributed by atoms with Crippen LogP contribution < -0.4 is 0 Å². The maximum absolute atomic E-state index is 13.0. The van der Waals surface area contributed by atoms with Gasteiger partial charge in [-0.2, -0.15) is 0 Å². The molecule has 7 nitrogen and oxygen atoms in total. The van der Waals surface area contributed by atoms with Gasteiger partial charge < -0.3 is 24.1 Å². The second-order valence-corrected chi connectivity index (χ2v) is 11.9. The van der Waals surface area contributed by atoms with E-state index in [1.54, 1.807) is 0 Å². The number of fused-ring (bicyclic) bond motifs is 4. The van der Waals surface area contributed by atoms with Gasteiger partial charge in [-0.25, -0.2) is 0 Å². The van der Waals surface area contributed by atoms with Crippen molar-refractivity contribution in [2.24, 2.45) is 28.6 Å². The monoisotopic (exact) mass is 448 g/mol. The van der Waals surface area contributed by atoms with Gasteiger partial charge in [0, 0.05) is 30.6 Å². The molecule has 6 aliphatic rings. The predicted octanol–water partition coefficient (Wildman–Crippen LogP) is 2.77. The van der Waals surface area contributed by atoms with Gasteiger partial charge in [-0.05, 0) is 56.3 Å². The number of ether oxygens (including phenoxy) is 4. The molecule has 2 aliphatic heterocycles. The van der Waals surface area contributed by atoms with Gasteiger partial charge in [0.15, 0.2) is 12.4 Å². The second kappa shape index (κ2) is 6.55. The van der Waals surface area contributed by atoms with E-state index in [-0.39, 0.29) is 35.4 Å². The van der Waals surface area contributed by atoms with Gasteiger partial charge in [0.2, 0.25) is 5.78 Å². The zero-order chi connectivity index (χ0) is 22.6. The van der Waals surface area contributed by atoms with Crippen molar-refractivity contribution in [3.63, 3.8) is 0 Å². The third kappa shape index (κ3) is 2.51. The van der Waals surface area contributed by atoms with E-state index in [1.807, 2.05) is 0 Å². The third-order valence-electron chi connectivity index (χ3n) is 10.9. The van der Waals surface area contributed by atoms with Gasteiger partial charge in [-0.1, -0.05) is 13.8 Å². The van der Waals surface area contributed by atoms with Crippen LogP contribution in [0.2, 0.25) is 0 Å². The average Bonchev–Trinajstić information content (AvgIpc) is 3.16. The number of carbonyl (C=O) groups is 2. The van der Waals surface area contributed by atoms with Crippen molar-refractivity contribution in [2.75, 3.05) is 19.8 Å². The van der Waals surface area contributed by atoms with Crippen molar-refractivity contribution in [2.45, 2.75) is 95.2 Å². The molecule has 0 aromatic heterocycles. The molecule has 178 valence electrons. The van der Waals surface area contributed by atoms with Crippen LogP contribution in [0.5, 0.6) is 0 Å². The largest absolute Gasteiger partial charge is 0.458 e. The highest BCUT2D eigenvalue weighted by atomic mass is 16.7. The molecule has 0 aromatic carbocycles. The fourth-order valence-corrected chi connectivity index (χ4v) is 9.24. The van der Waals surface area contributed by atoms with Crippen molar-refractivity contribution in [3.05, 3.63) is 0 Å². The number of carbonyl (C=O) groups excluding carboxylic acids is 2. The predicted molar refractivity (Wildman–Crippen MR) is 112 cm³/mol. The topological polar surface area (TPSA) is 94.6 Å². The lowest BCUT2D eigenvalue weighted by Gasteiger charge is -2.61. The molecular formula is C25H36O7. The summed E-state index contributed by atoms with van der Waals surface area (Å²) in [6, 6.07) is 0. The summed E-state index contributed by atoms with van der Waals surface area (Å²) < 4.78 is 23.8. The summed E-state index contributed by atoms with van der Waals surface area (Å²) in [5.74, 6) is -0.165. The maximum atomic E-state index is 13.0. The lowest BCUT2D eigenvalue weighted by atomic mass is 9.43. The van der Waals surface area contributed by atoms with Gasteiger partial charge in [0.25, 0.3) is 0 Å². The van der Waals surface area contributed by atoms with Crippen molar-refractivity contribution in [1.82, 2.24) is 0 Å². The number of hydrogen-bond donors (Lipinski definition) is 1. The summed E-state index contributed by atoms with van der Waals surface area (Å²) in [5, 5.41) is 11.6. The number of hydrogen-bond acceptors (Lipinski definition) is 7. The molecule has 6 fully saturated rings. The van der Waals surface area contributed by atoms with E-state index in [0.29, 0.717) is 31.5 Å². The summed E-state index contributed by atoms with van der Waals surface area (Å²) in [5.41, 5.74) is -2.00. The number of Topliss-reactive ketones (excluding diaryl/α,β-unsaturated/α-hetero) is 1. The number of esters is 1. The Kier molecular flexibility index (Phi) is 4.41. The quantitative estimate of drug-likeness (QED) is 0.524. The number of rotatable bonds is 3. The molecule has 0 amide bonds. The molecule has 8 atom stereocenters. The fraction of sp³-hybridized carbons (Fsp3) is 0.920. The Morgan fingerprint density at radius 2 is 1.69 bits per heavy atom. The molecule has 4 aliphatic carbocycles. The molecule has 7 heteroatoms. The molecule has 32 heavy (non-hydrogen) atoms. The van der Waals surface area contributed by atoms with Crippen molar-refractivity contribution in [1.29, 1.82) is 0 Å². The first-order chi connectivity index (χ1) is 15.1. The Bertz CT molecular complexity index is 851. The molecule has 2 heterocycles. The van der Waals surface area contributed by atoms with Crippen LogP contribution in [-0.4, -0.2) is 59.8 Å². The highest BCUT2D eigenvalue weighted by Crippen LogP contribution is 2.75. The number of epoxide rings is 1. The Morgan fingerprint density at radius 3 is 2.41 bits per heavy atom. The van der Waals surface area contributed by atoms with Crippen LogP contribution in [0.4, 0.5) is 0 Å². The third-order valence-corrected chi connectivity index (χ3v) is 10.9. The van der Waals surface area contributed by atoms with Gasteiger partial charge in [-0.3, -0.25) is 9.59 Å². The molecular weight excluding hydrogens is 412 g/mol. The number of aliphatic hydroxyl groups is 1. The van der Waals surface area contributed by atoms with Crippen LogP contribution in [0.3, 0.4) is 0 Å². The lowest BCUT2D eigenvalue weighted by molar-refractivity contribution is -0.237. The molecule has 0 unspecified atom stereocenters. The molecule has 4 saturated carbocycles. The van der Waals surface area contributed by atoms with Crippen molar-refractivity contribution < 1.29 is 33.6 Å². The summed E-state index contributed by atoms with van der Waals surface area (Å²) in [7, 11) is 0. The van der Waals surface area contributed by atoms with Crippen LogP contribution in [-0.2, 0) is 28.5 Å². The maximum Gasteiger partial charge on any atom is 0.303 e. The Balaban J connectivity index is 1.29. The zero-order valence-corrected chi connectivity index (χ0v) is 19.5. The first-order valence-electron chi connectivity index (χ1n) is 12.4. The molecule has 0 bridgehead atoms. The molecule has 0 aromatic rings. The summed E-state index contributed by atoms with van der Waals surface area (Å²) in [4.78, 5) is 24.3. The summed E-state index contributed by atoms with van der Waals surface area (Å²) in [6.45, 7) is 6.77. The SMILES string of the molecule is CC(=O)OCC(=O)[C@@]1(O)CC[C@@H]2[C@@H]3C[C@@H]4O[C@@]45CCC4(C[C@]5(C)[C@H]3CC[C@@]21C)OCCO4. The fourth-order valence-electron chi connectivity index (χ4n) is 9.24. The highest BCUT2D eigenvalue weighted by molar-refractivity contribution is 5.90.